The number of hydrogen-bond donors (Lipinski definition) is 1. The summed E-state index contributed by atoms with van der Waals surface area (Å²) in [5.41, 5.74) is 0. The van der Waals surface area contributed by atoms with Crippen molar-refractivity contribution in [2.45, 2.75) is 71.0 Å². The van der Waals surface area contributed by atoms with Gasteiger partial charge in [0.15, 0.2) is 8.32 Å². The number of esters is 1. The average molecular weight is 287 g/mol. The second-order valence-electron chi connectivity index (χ2n) is 6.65. The number of hydrogen-bond acceptors (Lipinski definition) is 4. The van der Waals surface area contributed by atoms with Crippen molar-refractivity contribution in [3.8, 4) is 0 Å². The maximum Gasteiger partial charge on any atom is 0.303 e. The second-order valence-corrected chi connectivity index (χ2v) is 11.4. The molecule has 0 saturated carbocycles. The van der Waals surface area contributed by atoms with E-state index in [1.165, 1.54) is 6.92 Å². The Kier molecular flexibility index (Phi) is 4.46. The standard InChI is InChI=1S/C13H25NO4Si/c1-8(18-19(6,7)13(3,4)5)10-11(12(16)14-10)17-9(2)15/h8,10-11H,1-7H3,(H,14,16)/t8-,10-,11-/m1/s1. The molecule has 1 heterocycles. The number of amides is 1. The molecule has 1 fully saturated rings. The third-order valence-corrected chi connectivity index (χ3v) is 8.55. The minimum absolute atomic E-state index is 0.103. The van der Waals surface area contributed by atoms with Gasteiger partial charge in [0.05, 0.1) is 12.1 Å². The Labute approximate surface area is 116 Å². The van der Waals surface area contributed by atoms with Crippen molar-refractivity contribution in [2.75, 3.05) is 0 Å². The Bertz CT molecular complexity index is 375. The van der Waals surface area contributed by atoms with E-state index in [1.54, 1.807) is 0 Å². The fourth-order valence-corrected chi connectivity index (χ4v) is 3.20. The molecular formula is C13H25NO4Si. The highest BCUT2D eigenvalue weighted by atomic mass is 28.4. The summed E-state index contributed by atoms with van der Waals surface area (Å²) in [6.45, 7) is 14.0. The van der Waals surface area contributed by atoms with Gasteiger partial charge in [-0.15, -0.1) is 0 Å². The lowest BCUT2D eigenvalue weighted by molar-refractivity contribution is -0.167. The molecule has 5 nitrogen and oxygen atoms in total. The Hall–Kier alpha value is -0.883. The van der Waals surface area contributed by atoms with Crippen LogP contribution in [0, 0.1) is 0 Å². The topological polar surface area (TPSA) is 64.6 Å². The first-order valence-corrected chi connectivity index (χ1v) is 9.52. The van der Waals surface area contributed by atoms with Gasteiger partial charge in [0.2, 0.25) is 6.10 Å². The van der Waals surface area contributed by atoms with Crippen LogP contribution in [0.2, 0.25) is 18.1 Å². The lowest BCUT2D eigenvalue weighted by Crippen LogP contribution is -2.69. The largest absolute Gasteiger partial charge is 0.450 e. The highest BCUT2D eigenvalue weighted by molar-refractivity contribution is 6.74. The van der Waals surface area contributed by atoms with E-state index in [0.717, 1.165) is 0 Å². The number of ether oxygens (including phenoxy) is 1. The summed E-state index contributed by atoms with van der Waals surface area (Å²) >= 11 is 0. The van der Waals surface area contributed by atoms with Gasteiger partial charge in [0, 0.05) is 6.92 Å². The van der Waals surface area contributed by atoms with Crippen LogP contribution < -0.4 is 5.32 Å². The lowest BCUT2D eigenvalue weighted by Gasteiger charge is -2.44. The van der Waals surface area contributed by atoms with E-state index >= 15 is 0 Å². The molecule has 1 N–H and O–H groups in total. The first kappa shape index (κ1) is 16.2. The van der Waals surface area contributed by atoms with Gasteiger partial charge < -0.3 is 14.5 Å². The SMILES string of the molecule is CC(=O)O[C@H]1C(=O)N[C@@H]1[C@@H](C)O[Si](C)(C)C(C)(C)C. The first-order valence-electron chi connectivity index (χ1n) is 6.61. The highest BCUT2D eigenvalue weighted by Gasteiger charge is 2.48. The van der Waals surface area contributed by atoms with Gasteiger partial charge in [0.1, 0.15) is 0 Å². The number of rotatable bonds is 4. The van der Waals surface area contributed by atoms with Crippen LogP contribution in [0.3, 0.4) is 0 Å². The summed E-state index contributed by atoms with van der Waals surface area (Å²) < 4.78 is 11.2. The molecule has 1 amide bonds. The summed E-state index contributed by atoms with van der Waals surface area (Å²) in [6.07, 6.45) is -0.875. The summed E-state index contributed by atoms with van der Waals surface area (Å²) in [4.78, 5) is 22.4. The van der Waals surface area contributed by atoms with Gasteiger partial charge >= 0.3 is 5.97 Å². The Morgan fingerprint density at radius 2 is 1.89 bits per heavy atom. The predicted octanol–water partition coefficient (Wildman–Crippen LogP) is 1.83. The van der Waals surface area contributed by atoms with E-state index in [1.807, 2.05) is 6.92 Å². The van der Waals surface area contributed by atoms with E-state index in [0.29, 0.717) is 0 Å². The van der Waals surface area contributed by atoms with Crippen molar-refractivity contribution in [1.29, 1.82) is 0 Å². The summed E-state index contributed by atoms with van der Waals surface area (Å²) in [7, 11) is -1.90. The summed E-state index contributed by atoms with van der Waals surface area (Å²) in [6, 6.07) is -0.245. The molecule has 0 aliphatic carbocycles. The molecule has 1 aliphatic heterocycles. The van der Waals surface area contributed by atoms with Gasteiger partial charge in [-0.2, -0.15) is 0 Å². The molecule has 0 radical (unpaired) electrons. The molecule has 1 rings (SSSR count). The molecule has 0 spiro atoms. The number of nitrogens with one attached hydrogen (secondary N) is 1. The van der Waals surface area contributed by atoms with Gasteiger partial charge in [0.25, 0.3) is 5.91 Å². The second kappa shape index (κ2) is 5.24. The van der Waals surface area contributed by atoms with E-state index in [9.17, 15) is 9.59 Å². The molecule has 3 atom stereocenters. The molecule has 1 saturated heterocycles. The van der Waals surface area contributed by atoms with Crippen LogP contribution in [0.5, 0.6) is 0 Å². The minimum Gasteiger partial charge on any atom is -0.450 e. The molecule has 6 heteroatoms. The molecule has 0 aromatic carbocycles. The minimum atomic E-state index is -1.90. The molecule has 0 bridgehead atoms. The lowest BCUT2D eigenvalue weighted by atomic mass is 9.97. The fourth-order valence-electron chi connectivity index (χ4n) is 1.77. The number of carbonyl (C=O) groups is 2. The summed E-state index contributed by atoms with van der Waals surface area (Å²) in [5.74, 6) is -0.685. The summed E-state index contributed by atoms with van der Waals surface area (Å²) in [5, 5.41) is 2.86. The van der Waals surface area contributed by atoms with Crippen LogP contribution >= 0.6 is 0 Å². The number of β-lactam (4-membered cyclic amide) rings is 1. The maximum absolute atomic E-state index is 11.4. The molecule has 0 unspecified atom stereocenters. The monoisotopic (exact) mass is 287 g/mol. The smallest absolute Gasteiger partial charge is 0.303 e. The molecule has 19 heavy (non-hydrogen) atoms. The van der Waals surface area contributed by atoms with E-state index in [-0.39, 0.29) is 23.1 Å². The Morgan fingerprint density at radius 3 is 2.26 bits per heavy atom. The zero-order chi connectivity index (χ0) is 15.0. The van der Waals surface area contributed by atoms with Crippen LogP contribution in [0.1, 0.15) is 34.6 Å². The quantitative estimate of drug-likeness (QED) is 0.487. The van der Waals surface area contributed by atoms with Crippen molar-refractivity contribution in [3.05, 3.63) is 0 Å². The van der Waals surface area contributed by atoms with Crippen molar-refractivity contribution < 1.29 is 18.8 Å². The zero-order valence-electron chi connectivity index (χ0n) is 12.9. The van der Waals surface area contributed by atoms with Crippen LogP contribution in [-0.4, -0.2) is 38.4 Å². The van der Waals surface area contributed by atoms with Gasteiger partial charge in [-0.05, 0) is 25.1 Å². The van der Waals surface area contributed by atoms with Crippen LogP contribution in [0.15, 0.2) is 0 Å². The van der Waals surface area contributed by atoms with E-state index in [4.69, 9.17) is 9.16 Å². The highest BCUT2D eigenvalue weighted by Crippen LogP contribution is 2.38. The predicted molar refractivity (Wildman–Crippen MR) is 75.2 cm³/mol. The van der Waals surface area contributed by atoms with Crippen molar-refractivity contribution in [3.63, 3.8) is 0 Å². The maximum atomic E-state index is 11.4. The third kappa shape index (κ3) is 3.57. The molecule has 0 aromatic heterocycles. The fraction of sp³-hybridized carbons (Fsp3) is 0.846. The first-order chi connectivity index (χ1) is 8.45. The van der Waals surface area contributed by atoms with Crippen molar-refractivity contribution in [2.24, 2.45) is 0 Å². The molecule has 0 aromatic rings. The Morgan fingerprint density at radius 1 is 1.37 bits per heavy atom. The van der Waals surface area contributed by atoms with Crippen LogP contribution in [0.25, 0.3) is 0 Å². The molecule has 1 aliphatic rings. The van der Waals surface area contributed by atoms with Gasteiger partial charge in [-0.3, -0.25) is 9.59 Å². The zero-order valence-corrected chi connectivity index (χ0v) is 13.9. The van der Waals surface area contributed by atoms with Crippen molar-refractivity contribution >= 4 is 20.2 Å². The average Bonchev–Trinajstić information content (AvgIpc) is 2.20. The van der Waals surface area contributed by atoms with Gasteiger partial charge in [-0.1, -0.05) is 20.8 Å². The molecule has 110 valence electrons. The number of carbonyl (C=O) groups excluding carboxylic acids is 2. The van der Waals surface area contributed by atoms with E-state index < -0.39 is 20.4 Å². The Balaban J connectivity index is 2.66. The van der Waals surface area contributed by atoms with Crippen molar-refractivity contribution in [1.82, 2.24) is 5.32 Å². The van der Waals surface area contributed by atoms with Gasteiger partial charge in [-0.25, -0.2) is 0 Å². The normalized spacial score (nSPS) is 25.3. The van der Waals surface area contributed by atoms with Crippen LogP contribution in [0.4, 0.5) is 0 Å². The van der Waals surface area contributed by atoms with E-state index in [2.05, 4.69) is 39.2 Å². The van der Waals surface area contributed by atoms with Crippen LogP contribution in [-0.2, 0) is 18.8 Å². The molecular weight excluding hydrogens is 262 g/mol. The third-order valence-electron chi connectivity index (χ3n) is 3.98.